The summed E-state index contributed by atoms with van der Waals surface area (Å²) >= 11 is 3.06. The van der Waals surface area contributed by atoms with Gasteiger partial charge in [0, 0.05) is 41.5 Å². The summed E-state index contributed by atoms with van der Waals surface area (Å²) in [7, 11) is 0. The molecule has 0 atom stereocenters. The number of anilines is 3. The van der Waals surface area contributed by atoms with Crippen LogP contribution in [0.3, 0.4) is 0 Å². The van der Waals surface area contributed by atoms with E-state index in [1.165, 1.54) is 11.3 Å². The Balaban J connectivity index is 1.14. The average Bonchev–Trinajstić information content (AvgIpc) is 3.56. The summed E-state index contributed by atoms with van der Waals surface area (Å²) in [4.78, 5) is 26.3. The third-order valence-electron chi connectivity index (χ3n) is 4.60. The molecule has 0 radical (unpaired) electrons. The van der Waals surface area contributed by atoms with E-state index in [1.807, 2.05) is 41.8 Å². The molecule has 11 heteroatoms. The lowest BCUT2D eigenvalue weighted by Gasteiger charge is -2.06. The van der Waals surface area contributed by atoms with E-state index in [4.69, 9.17) is 0 Å². The SMILES string of the molecule is O=C(Nc1cccc(-c2cc[nH]n2)c1)Nc1ncc(CCNc2ncnc3ccsc23)s1. The largest absolute Gasteiger partial charge is 0.368 e. The molecule has 0 bridgehead atoms. The normalized spacial score (nSPS) is 10.9. The highest BCUT2D eigenvalue weighted by atomic mass is 32.1. The van der Waals surface area contributed by atoms with E-state index in [1.54, 1.807) is 30.1 Å². The van der Waals surface area contributed by atoms with E-state index >= 15 is 0 Å². The number of nitrogens with zero attached hydrogens (tertiary/aromatic N) is 4. The summed E-state index contributed by atoms with van der Waals surface area (Å²) in [6, 6.07) is 11.0. The molecule has 0 unspecified atom stereocenters. The van der Waals surface area contributed by atoms with E-state index in [0.29, 0.717) is 17.4 Å². The standard InChI is InChI=1S/C21H18N8OS2/c30-20(27-14-3-1-2-13(10-14)16-5-8-26-29-16)28-21-23-11-15(32-21)4-7-22-19-18-17(6-9-31-18)24-12-25-19/h1-3,5-6,8-12H,4,7H2,(H,26,29)(H,22,24,25)(H2,23,27,28,30). The summed E-state index contributed by atoms with van der Waals surface area (Å²) in [6.07, 6.45) is 5.87. The van der Waals surface area contributed by atoms with Gasteiger partial charge in [0.1, 0.15) is 12.1 Å². The second-order valence-corrected chi connectivity index (χ2v) is 8.82. The highest BCUT2D eigenvalue weighted by Crippen LogP contribution is 2.25. The first-order chi connectivity index (χ1) is 15.7. The Kier molecular flexibility index (Phi) is 5.73. The van der Waals surface area contributed by atoms with Crippen LogP contribution in [-0.2, 0) is 6.42 Å². The fraction of sp³-hybridized carbons (Fsp3) is 0.0952. The van der Waals surface area contributed by atoms with Gasteiger partial charge in [0.05, 0.1) is 15.9 Å². The maximum atomic E-state index is 12.4. The van der Waals surface area contributed by atoms with Gasteiger partial charge >= 0.3 is 6.03 Å². The Morgan fingerprint density at radius 3 is 2.97 bits per heavy atom. The summed E-state index contributed by atoms with van der Waals surface area (Å²) in [5.41, 5.74) is 3.34. The van der Waals surface area contributed by atoms with Gasteiger partial charge in [-0.2, -0.15) is 5.10 Å². The molecule has 9 nitrogen and oxygen atoms in total. The quantitative estimate of drug-likeness (QED) is 0.275. The summed E-state index contributed by atoms with van der Waals surface area (Å²) in [6.45, 7) is 0.706. The Morgan fingerprint density at radius 2 is 2.06 bits per heavy atom. The van der Waals surface area contributed by atoms with Crippen molar-refractivity contribution < 1.29 is 4.79 Å². The molecule has 0 fully saturated rings. The van der Waals surface area contributed by atoms with Crippen LogP contribution in [0.4, 0.5) is 21.4 Å². The number of aromatic nitrogens is 5. The molecule has 5 aromatic rings. The van der Waals surface area contributed by atoms with Crippen LogP contribution in [0.1, 0.15) is 4.88 Å². The third-order valence-corrected chi connectivity index (χ3v) is 6.48. The van der Waals surface area contributed by atoms with E-state index in [2.05, 4.69) is 41.1 Å². The van der Waals surface area contributed by atoms with Gasteiger partial charge in [-0.05, 0) is 29.6 Å². The first-order valence-corrected chi connectivity index (χ1v) is 11.5. The monoisotopic (exact) mass is 462 g/mol. The lowest BCUT2D eigenvalue weighted by Crippen LogP contribution is -2.19. The third kappa shape index (κ3) is 4.58. The lowest BCUT2D eigenvalue weighted by atomic mass is 10.1. The number of nitrogens with one attached hydrogen (secondary N) is 4. The number of hydrogen-bond acceptors (Lipinski definition) is 8. The number of thiazole rings is 1. The van der Waals surface area contributed by atoms with Crippen LogP contribution >= 0.6 is 22.7 Å². The highest BCUT2D eigenvalue weighted by molar-refractivity contribution is 7.17. The zero-order chi connectivity index (χ0) is 21.8. The van der Waals surface area contributed by atoms with Crippen molar-refractivity contribution in [3.63, 3.8) is 0 Å². The van der Waals surface area contributed by atoms with Crippen LogP contribution in [-0.4, -0.2) is 37.7 Å². The summed E-state index contributed by atoms with van der Waals surface area (Å²) in [5, 5.41) is 18.5. The molecular weight excluding hydrogens is 444 g/mol. The predicted octanol–water partition coefficient (Wildman–Crippen LogP) is 4.84. The number of aromatic amines is 1. The van der Waals surface area contributed by atoms with Gasteiger partial charge in [0.2, 0.25) is 0 Å². The molecule has 4 aromatic heterocycles. The van der Waals surface area contributed by atoms with Gasteiger partial charge in [-0.3, -0.25) is 10.4 Å². The molecule has 0 aliphatic heterocycles. The van der Waals surface area contributed by atoms with Crippen molar-refractivity contribution in [2.75, 3.05) is 22.5 Å². The van der Waals surface area contributed by atoms with Gasteiger partial charge in [-0.1, -0.05) is 12.1 Å². The predicted molar refractivity (Wildman–Crippen MR) is 128 cm³/mol. The van der Waals surface area contributed by atoms with Crippen molar-refractivity contribution in [1.29, 1.82) is 0 Å². The molecule has 160 valence electrons. The molecule has 4 heterocycles. The fourth-order valence-electron chi connectivity index (χ4n) is 3.14. The molecule has 1 aromatic carbocycles. The van der Waals surface area contributed by atoms with Gasteiger partial charge in [0.15, 0.2) is 5.13 Å². The molecule has 0 aliphatic rings. The van der Waals surface area contributed by atoms with Crippen molar-refractivity contribution in [1.82, 2.24) is 25.1 Å². The maximum absolute atomic E-state index is 12.4. The first kappa shape index (κ1) is 20.1. The molecule has 0 saturated heterocycles. The number of urea groups is 1. The van der Waals surface area contributed by atoms with Crippen LogP contribution in [0.2, 0.25) is 0 Å². The second-order valence-electron chi connectivity index (χ2n) is 6.79. The number of amides is 2. The minimum Gasteiger partial charge on any atom is -0.368 e. The van der Waals surface area contributed by atoms with Gasteiger partial charge < -0.3 is 10.6 Å². The van der Waals surface area contributed by atoms with E-state index in [9.17, 15) is 4.79 Å². The van der Waals surface area contributed by atoms with Crippen molar-refractivity contribution in [2.24, 2.45) is 0 Å². The van der Waals surface area contributed by atoms with Gasteiger partial charge in [-0.15, -0.1) is 22.7 Å². The molecule has 0 aliphatic carbocycles. The minimum atomic E-state index is -0.343. The highest BCUT2D eigenvalue weighted by Gasteiger charge is 2.09. The number of benzene rings is 1. The average molecular weight is 463 g/mol. The summed E-state index contributed by atoms with van der Waals surface area (Å²) in [5.74, 6) is 0.837. The Morgan fingerprint density at radius 1 is 1.09 bits per heavy atom. The van der Waals surface area contributed by atoms with Gasteiger partial charge in [0.25, 0.3) is 0 Å². The van der Waals surface area contributed by atoms with Crippen molar-refractivity contribution >= 4 is 55.6 Å². The Bertz CT molecular complexity index is 1340. The van der Waals surface area contributed by atoms with E-state index < -0.39 is 0 Å². The maximum Gasteiger partial charge on any atom is 0.325 e. The number of rotatable bonds is 7. The van der Waals surface area contributed by atoms with Crippen molar-refractivity contribution in [3.05, 3.63) is 65.4 Å². The first-order valence-electron chi connectivity index (χ1n) is 9.79. The molecule has 0 saturated carbocycles. The number of fused-ring (bicyclic) bond motifs is 1. The minimum absolute atomic E-state index is 0.343. The zero-order valence-electron chi connectivity index (χ0n) is 16.7. The van der Waals surface area contributed by atoms with E-state index in [-0.39, 0.29) is 6.03 Å². The van der Waals surface area contributed by atoms with Crippen molar-refractivity contribution in [3.8, 4) is 11.3 Å². The molecule has 0 spiro atoms. The fourth-order valence-corrected chi connectivity index (χ4v) is 4.75. The molecule has 4 N–H and O–H groups in total. The van der Waals surface area contributed by atoms with Crippen LogP contribution < -0.4 is 16.0 Å². The second kappa shape index (κ2) is 9.12. The number of H-pyrrole nitrogens is 1. The lowest BCUT2D eigenvalue weighted by molar-refractivity contribution is 0.262. The molecule has 32 heavy (non-hydrogen) atoms. The molecule has 5 rings (SSSR count). The topological polar surface area (TPSA) is 121 Å². The Labute approximate surface area is 191 Å². The van der Waals surface area contributed by atoms with E-state index in [0.717, 1.165) is 38.6 Å². The zero-order valence-corrected chi connectivity index (χ0v) is 18.3. The van der Waals surface area contributed by atoms with Crippen LogP contribution in [0, 0.1) is 0 Å². The van der Waals surface area contributed by atoms with Crippen LogP contribution in [0.25, 0.3) is 21.5 Å². The molecule has 2 amide bonds. The number of carbonyl (C=O) groups excluding carboxylic acids is 1. The smallest absolute Gasteiger partial charge is 0.325 e. The van der Waals surface area contributed by atoms with Crippen LogP contribution in [0.15, 0.2) is 60.5 Å². The van der Waals surface area contributed by atoms with Crippen molar-refractivity contribution in [2.45, 2.75) is 6.42 Å². The summed E-state index contributed by atoms with van der Waals surface area (Å²) < 4.78 is 1.05. The number of thiophene rings is 1. The number of hydrogen-bond donors (Lipinski definition) is 4. The Hall–Kier alpha value is -3.83. The van der Waals surface area contributed by atoms with Crippen LogP contribution in [0.5, 0.6) is 0 Å². The van der Waals surface area contributed by atoms with Gasteiger partial charge in [-0.25, -0.2) is 19.7 Å². The number of carbonyl (C=O) groups is 1. The molecular formula is C21H18N8OS2.